The second-order valence-electron chi connectivity index (χ2n) is 10.6. The molecule has 2 aromatic heterocycles. The van der Waals surface area contributed by atoms with Crippen LogP contribution in [0, 0.1) is 0 Å². The normalized spacial score (nSPS) is 24.7. The van der Waals surface area contributed by atoms with Crippen LogP contribution in [0.2, 0.25) is 0 Å². The zero-order chi connectivity index (χ0) is 30.5. The summed E-state index contributed by atoms with van der Waals surface area (Å²) in [7, 11) is -2.79. The van der Waals surface area contributed by atoms with Crippen molar-refractivity contribution in [1.82, 2.24) is 19.5 Å². The molecule has 6 rings (SSSR count). The number of nitrogens with zero attached hydrogens (tertiary/aromatic N) is 6. The predicted molar refractivity (Wildman–Crippen MR) is 153 cm³/mol. The maximum absolute atomic E-state index is 15.7. The number of alkyl halides is 1. The van der Waals surface area contributed by atoms with Gasteiger partial charge in [0.05, 0.1) is 6.33 Å². The van der Waals surface area contributed by atoms with E-state index in [-0.39, 0.29) is 24.1 Å². The molecule has 16 heteroatoms. The van der Waals surface area contributed by atoms with E-state index in [4.69, 9.17) is 24.8 Å². The highest BCUT2D eigenvalue weighted by Gasteiger charge is 2.55. The van der Waals surface area contributed by atoms with Crippen LogP contribution in [-0.4, -0.2) is 79.3 Å². The van der Waals surface area contributed by atoms with Gasteiger partial charge in [-0.15, -0.1) is 0 Å². The highest BCUT2D eigenvalue weighted by atomic mass is 31.1. The number of aliphatic carboxylic acids is 1. The lowest BCUT2D eigenvalue weighted by molar-refractivity contribution is -0.169. The topological polar surface area (TPSA) is 194 Å². The van der Waals surface area contributed by atoms with Crippen LogP contribution >= 0.6 is 8.17 Å². The molecule has 0 radical (unpaired) electrons. The van der Waals surface area contributed by atoms with Crippen LogP contribution in [-0.2, 0) is 9.53 Å². The molecule has 3 unspecified atom stereocenters. The van der Waals surface area contributed by atoms with E-state index in [9.17, 15) is 14.8 Å². The molecule has 2 fully saturated rings. The lowest BCUT2D eigenvalue weighted by Gasteiger charge is -2.32. The number of hydrogen-bond acceptors (Lipinski definition) is 12. The zero-order valence-corrected chi connectivity index (χ0v) is 24.1. The number of fused-ring (bicyclic) bond motifs is 2. The number of nitrogen functional groups attached to an aromatic ring is 1. The van der Waals surface area contributed by atoms with Crippen molar-refractivity contribution >= 4 is 47.8 Å². The number of imidazole rings is 1. The van der Waals surface area contributed by atoms with Crippen LogP contribution in [0.5, 0.6) is 11.5 Å². The largest absolute Gasteiger partial charge is 0.575 e. The monoisotopic (exact) mass is 613 g/mol. The Morgan fingerprint density at radius 2 is 2.09 bits per heavy atom. The molecule has 226 valence electrons. The average molecular weight is 614 g/mol. The number of carboxylic acids is 1. The van der Waals surface area contributed by atoms with Gasteiger partial charge < -0.3 is 35.2 Å². The fraction of sp³-hybridized carbons (Fsp3) is 0.407. The molecular weight excluding hydrogens is 584 g/mol. The van der Waals surface area contributed by atoms with Crippen molar-refractivity contribution in [3.05, 3.63) is 42.7 Å². The molecule has 0 amide bonds. The van der Waals surface area contributed by atoms with Gasteiger partial charge in [0, 0.05) is 18.5 Å². The maximum Gasteiger partial charge on any atom is 0.395 e. The molecule has 6 atom stereocenters. The van der Waals surface area contributed by atoms with Crippen molar-refractivity contribution in [1.29, 1.82) is 0 Å². The minimum Gasteiger partial charge on any atom is -0.575 e. The number of rotatable bonds is 9. The third-order valence-electron chi connectivity index (χ3n) is 7.56. The van der Waals surface area contributed by atoms with Crippen molar-refractivity contribution in [3.63, 3.8) is 0 Å². The van der Waals surface area contributed by atoms with E-state index in [0.29, 0.717) is 22.4 Å². The summed E-state index contributed by atoms with van der Waals surface area (Å²) >= 11 is 0. The summed E-state index contributed by atoms with van der Waals surface area (Å²) in [6.07, 6.45) is -1.94. The van der Waals surface area contributed by atoms with Crippen molar-refractivity contribution in [2.24, 2.45) is 4.74 Å². The summed E-state index contributed by atoms with van der Waals surface area (Å²) in [5.74, 6) is -0.534. The third-order valence-corrected chi connectivity index (χ3v) is 8.43. The van der Waals surface area contributed by atoms with Gasteiger partial charge in [-0.3, -0.25) is 9.09 Å². The van der Waals surface area contributed by atoms with Crippen LogP contribution < -0.4 is 24.8 Å². The number of ether oxygens (including phenoxy) is 2. The molecule has 2 saturated heterocycles. The summed E-state index contributed by atoms with van der Waals surface area (Å²) in [4.78, 5) is 38.8. The van der Waals surface area contributed by atoms with E-state index in [2.05, 4.69) is 19.7 Å². The third kappa shape index (κ3) is 5.29. The van der Waals surface area contributed by atoms with Crippen LogP contribution in [0.3, 0.4) is 0 Å². The number of aromatic nitrogens is 4. The molecule has 43 heavy (non-hydrogen) atoms. The Balaban J connectivity index is 1.27. The Bertz CT molecular complexity index is 1730. The number of aliphatic hydroxyl groups is 1. The summed E-state index contributed by atoms with van der Waals surface area (Å²) in [6.45, 7) is 3.82. The van der Waals surface area contributed by atoms with Crippen molar-refractivity contribution in [2.75, 3.05) is 30.3 Å². The molecular formula is C27H29FN7O7P. The fourth-order valence-corrected chi connectivity index (χ4v) is 5.86. The Kier molecular flexibility index (Phi) is 7.50. The highest BCUT2D eigenvalue weighted by molar-refractivity contribution is 7.34. The lowest BCUT2D eigenvalue weighted by atomic mass is 9.98. The first kappa shape index (κ1) is 28.9. The number of hydrogen-bond donors (Lipinski definition) is 3. The summed E-state index contributed by atoms with van der Waals surface area (Å²) in [5.41, 5.74) is 4.72. The van der Waals surface area contributed by atoms with Crippen molar-refractivity contribution in [2.45, 2.75) is 50.4 Å². The molecule has 2 aliphatic rings. The molecule has 2 aliphatic heterocycles. The first-order valence-electron chi connectivity index (χ1n) is 13.5. The average Bonchev–Trinajstić information content (AvgIpc) is 3.44. The van der Waals surface area contributed by atoms with Crippen LogP contribution in [0.4, 0.5) is 16.2 Å². The fourth-order valence-electron chi connectivity index (χ4n) is 5.09. The minimum atomic E-state index is -2.79. The van der Waals surface area contributed by atoms with Crippen LogP contribution in [0.15, 0.2) is 47.5 Å². The number of anilines is 2. The number of halogens is 1. The van der Waals surface area contributed by atoms with Gasteiger partial charge >= 0.3 is 14.1 Å². The standard InChI is InChI=1S/C27H29FN7O7P/c1-14(24(36)37)33-43(39)42-20-16-7-4-3-6-15(16)8-9-17(20)40-12-18-21(28)27(2,38)25(41-18)35-13-30-19-22(34-10-5-11-34)31-26(29)32-23(19)35/h3-4,6-9,13-14,18,21,25,38H,5,10-12H2,1-2H3,(H,36,37)(H2,29,31,32)/t14?,18-,21-,25?,27-/m1/s1. The molecule has 14 nitrogen and oxygen atoms in total. The Labute approximate surface area is 245 Å². The van der Waals surface area contributed by atoms with Gasteiger partial charge in [0.25, 0.3) is 0 Å². The van der Waals surface area contributed by atoms with E-state index in [1.54, 1.807) is 36.4 Å². The van der Waals surface area contributed by atoms with Gasteiger partial charge in [0.15, 0.2) is 41.2 Å². The number of nitrogens with two attached hydrogens (primary N) is 1. The van der Waals surface area contributed by atoms with Gasteiger partial charge in [-0.25, -0.2) is 14.2 Å². The summed E-state index contributed by atoms with van der Waals surface area (Å²) in [6, 6.07) is 9.08. The first-order chi connectivity index (χ1) is 20.5. The zero-order valence-electron chi connectivity index (χ0n) is 23.2. The molecule has 0 bridgehead atoms. The Morgan fingerprint density at radius 1 is 1.33 bits per heavy atom. The molecule has 4 aromatic rings. The smallest absolute Gasteiger partial charge is 0.395 e. The van der Waals surface area contributed by atoms with Gasteiger partial charge in [-0.05, 0) is 31.7 Å². The maximum atomic E-state index is 15.7. The van der Waals surface area contributed by atoms with Gasteiger partial charge in [-0.1, -0.05) is 35.1 Å². The molecule has 0 aliphatic carbocycles. The Hall–Kier alpha value is -4.17. The minimum absolute atomic E-state index is 0.0112. The molecule has 0 saturated carbocycles. The molecule has 0 spiro atoms. The lowest BCUT2D eigenvalue weighted by Crippen LogP contribution is -2.42. The van der Waals surface area contributed by atoms with Crippen LogP contribution in [0.25, 0.3) is 21.9 Å². The van der Waals surface area contributed by atoms with Gasteiger partial charge in [0.2, 0.25) is 11.7 Å². The van der Waals surface area contributed by atoms with Crippen molar-refractivity contribution < 1.29 is 38.3 Å². The quantitative estimate of drug-likeness (QED) is 0.234. The second kappa shape index (κ2) is 11.2. The Morgan fingerprint density at radius 3 is 2.81 bits per heavy atom. The van der Waals surface area contributed by atoms with E-state index >= 15 is 4.39 Å². The van der Waals surface area contributed by atoms with Crippen LogP contribution in [0.1, 0.15) is 26.5 Å². The SMILES string of the molecule is CC(N=[P+]([O-])Oc1c(OC[C@H]2OC(n3cnc4c(N5CCC5)nc(N)nc43)[C@](C)(O)[C@@H]2F)ccc2ccccc12)C(=O)O. The van der Waals surface area contributed by atoms with E-state index in [0.717, 1.165) is 24.9 Å². The van der Waals surface area contributed by atoms with E-state index in [1.807, 2.05) is 4.90 Å². The van der Waals surface area contributed by atoms with E-state index in [1.165, 1.54) is 24.7 Å². The molecule has 2 aromatic carbocycles. The van der Waals surface area contributed by atoms with Gasteiger partial charge in [0.1, 0.15) is 18.3 Å². The molecule has 4 N–H and O–H groups in total. The van der Waals surface area contributed by atoms with E-state index < -0.39 is 44.3 Å². The number of benzene rings is 2. The predicted octanol–water partition coefficient (Wildman–Crippen LogP) is 2.54. The molecule has 4 heterocycles. The second-order valence-corrected chi connectivity index (χ2v) is 11.5. The number of carboxylic acid groups (broad SMARTS) is 1. The summed E-state index contributed by atoms with van der Waals surface area (Å²) < 4.78 is 38.3. The summed E-state index contributed by atoms with van der Waals surface area (Å²) in [5, 5.41) is 21.6. The van der Waals surface area contributed by atoms with Gasteiger partial charge in [-0.2, -0.15) is 9.97 Å². The highest BCUT2D eigenvalue weighted by Crippen LogP contribution is 2.44. The van der Waals surface area contributed by atoms with Crippen molar-refractivity contribution in [3.8, 4) is 11.5 Å². The first-order valence-corrected chi connectivity index (χ1v) is 14.7. The number of carbonyl (C=O) groups is 1.